The van der Waals surface area contributed by atoms with Crippen LogP contribution in [0.4, 0.5) is 0 Å². The lowest BCUT2D eigenvalue weighted by Gasteiger charge is -2.20. The summed E-state index contributed by atoms with van der Waals surface area (Å²) in [6, 6.07) is 23.5. The van der Waals surface area contributed by atoms with E-state index in [9.17, 15) is 10.2 Å². The van der Waals surface area contributed by atoms with Crippen LogP contribution in [0.3, 0.4) is 0 Å². The summed E-state index contributed by atoms with van der Waals surface area (Å²) >= 11 is 5.59. The number of hydrogen-bond acceptors (Lipinski definition) is 6. The Labute approximate surface area is 242 Å². The summed E-state index contributed by atoms with van der Waals surface area (Å²) < 4.78 is 11.4. The molecule has 7 heteroatoms. The van der Waals surface area contributed by atoms with Gasteiger partial charge in [-0.15, -0.1) is 11.6 Å². The fourth-order valence-electron chi connectivity index (χ4n) is 3.70. The van der Waals surface area contributed by atoms with Gasteiger partial charge in [0.2, 0.25) is 0 Å². The van der Waals surface area contributed by atoms with Crippen LogP contribution in [0.1, 0.15) is 68.1 Å². The Bertz CT molecular complexity index is 1270. The molecule has 0 saturated heterocycles. The van der Waals surface area contributed by atoms with Gasteiger partial charge in [-0.1, -0.05) is 81.4 Å². The maximum Gasteiger partial charge on any atom is 0.138 e. The van der Waals surface area contributed by atoms with E-state index in [1.54, 1.807) is 30.9 Å². The third-order valence-corrected chi connectivity index (χ3v) is 6.34. The van der Waals surface area contributed by atoms with Crippen LogP contribution in [0.15, 0.2) is 97.6 Å². The summed E-state index contributed by atoms with van der Waals surface area (Å²) in [5.74, 6) is 1.46. The summed E-state index contributed by atoms with van der Waals surface area (Å²) in [6.07, 6.45) is 7.09. The Morgan fingerprint density at radius 3 is 1.57 bits per heavy atom. The van der Waals surface area contributed by atoms with Crippen molar-refractivity contribution in [2.45, 2.75) is 59.0 Å². The average molecular weight is 563 g/mol. The predicted molar refractivity (Wildman–Crippen MR) is 159 cm³/mol. The molecule has 0 aliphatic heterocycles. The van der Waals surface area contributed by atoms with Crippen molar-refractivity contribution in [3.63, 3.8) is 0 Å². The highest BCUT2D eigenvalue weighted by molar-refractivity contribution is 6.18. The molecule has 2 atom stereocenters. The average Bonchev–Trinajstić information content (AvgIpc) is 2.98. The molecule has 0 unspecified atom stereocenters. The molecule has 2 N–H and O–H groups in total. The smallest absolute Gasteiger partial charge is 0.138 e. The highest BCUT2D eigenvalue weighted by Gasteiger charge is 2.15. The molecule has 0 aliphatic carbocycles. The van der Waals surface area contributed by atoms with E-state index in [2.05, 4.69) is 30.7 Å². The fraction of sp³-hybridized carbons (Fsp3) is 0.333. The molecule has 2 aromatic carbocycles. The van der Waals surface area contributed by atoms with Crippen molar-refractivity contribution in [1.82, 2.24) is 9.97 Å². The lowest BCUT2D eigenvalue weighted by molar-refractivity contribution is 0.146. The van der Waals surface area contributed by atoms with E-state index >= 15 is 0 Å². The zero-order chi connectivity index (χ0) is 28.8. The quantitative estimate of drug-likeness (QED) is 0.185. The molecule has 0 fully saturated rings. The van der Waals surface area contributed by atoms with Crippen molar-refractivity contribution in [2.75, 3.05) is 5.88 Å². The standard InChI is InChI=1S/C19H25NO2.C14H14ClNO2/c1-19(2,3)10-9-18(21)16-11-17(13-20-12-16)22-14-15-7-5-4-6-8-15;15-7-14(17)12-6-13(9-16-8-12)18-10-11-4-2-1-3-5-11/h4-8,11-13,18,21H,9-10,14H2,1-3H3;1-6,8-9,14,17H,7,10H2/t18-;14-/m00/s1. The van der Waals surface area contributed by atoms with Gasteiger partial charge in [0.1, 0.15) is 24.7 Å². The Kier molecular flexibility index (Phi) is 12.4. The molecule has 0 bridgehead atoms. The number of pyridine rings is 2. The minimum atomic E-state index is -0.709. The number of rotatable bonds is 11. The number of hydrogen-bond donors (Lipinski definition) is 2. The first-order valence-corrected chi connectivity index (χ1v) is 13.9. The largest absolute Gasteiger partial charge is 0.487 e. The second-order valence-corrected chi connectivity index (χ2v) is 11.1. The Morgan fingerprint density at radius 1 is 0.700 bits per heavy atom. The van der Waals surface area contributed by atoms with Gasteiger partial charge >= 0.3 is 0 Å². The van der Waals surface area contributed by atoms with Gasteiger partial charge < -0.3 is 19.7 Å². The minimum Gasteiger partial charge on any atom is -0.487 e. The summed E-state index contributed by atoms with van der Waals surface area (Å²) in [5.41, 5.74) is 3.89. The first-order chi connectivity index (χ1) is 19.2. The first kappa shape index (κ1) is 31.1. The molecule has 6 nitrogen and oxygen atoms in total. The number of nitrogens with zero attached hydrogens (tertiary/aromatic N) is 2. The molecular weight excluding hydrogens is 524 g/mol. The molecule has 0 spiro atoms. The molecule has 2 heterocycles. The number of aliphatic hydroxyl groups is 2. The third-order valence-electron chi connectivity index (χ3n) is 6.05. The number of benzene rings is 2. The second kappa shape index (κ2) is 16.0. The van der Waals surface area contributed by atoms with E-state index in [1.165, 1.54) is 0 Å². The van der Waals surface area contributed by atoms with Gasteiger partial charge in [0.05, 0.1) is 30.5 Å². The van der Waals surface area contributed by atoms with Crippen LogP contribution >= 0.6 is 11.6 Å². The van der Waals surface area contributed by atoms with Crippen molar-refractivity contribution < 1.29 is 19.7 Å². The fourth-order valence-corrected chi connectivity index (χ4v) is 3.88. The lowest BCUT2D eigenvalue weighted by atomic mass is 9.88. The molecule has 0 radical (unpaired) electrons. The highest BCUT2D eigenvalue weighted by Crippen LogP contribution is 2.28. The van der Waals surface area contributed by atoms with Gasteiger partial charge in [0.15, 0.2) is 0 Å². The molecule has 40 heavy (non-hydrogen) atoms. The number of halogens is 1. The number of aliphatic hydroxyl groups excluding tert-OH is 2. The molecule has 212 valence electrons. The molecule has 0 amide bonds. The topological polar surface area (TPSA) is 84.7 Å². The molecule has 0 saturated carbocycles. The van der Waals surface area contributed by atoms with Crippen molar-refractivity contribution in [3.05, 3.63) is 120 Å². The maximum atomic E-state index is 10.3. The molecule has 4 aromatic rings. The van der Waals surface area contributed by atoms with Gasteiger partial charge in [-0.05, 0) is 41.5 Å². The van der Waals surface area contributed by atoms with Crippen LogP contribution in [-0.4, -0.2) is 26.1 Å². The number of aromatic nitrogens is 2. The lowest BCUT2D eigenvalue weighted by Crippen LogP contribution is -2.08. The van der Waals surface area contributed by atoms with Crippen LogP contribution in [0.25, 0.3) is 0 Å². The van der Waals surface area contributed by atoms with Gasteiger partial charge in [-0.25, -0.2) is 0 Å². The summed E-state index contributed by atoms with van der Waals surface area (Å²) in [4.78, 5) is 8.20. The van der Waals surface area contributed by atoms with Crippen LogP contribution in [0, 0.1) is 5.41 Å². The van der Waals surface area contributed by atoms with E-state index in [0.29, 0.717) is 30.3 Å². The zero-order valence-electron chi connectivity index (χ0n) is 23.4. The molecule has 2 aromatic heterocycles. The predicted octanol–water partition coefficient (Wildman–Crippen LogP) is 7.45. The Morgan fingerprint density at radius 2 is 1.15 bits per heavy atom. The van der Waals surface area contributed by atoms with E-state index in [-0.39, 0.29) is 11.3 Å². The van der Waals surface area contributed by atoms with Crippen molar-refractivity contribution >= 4 is 11.6 Å². The summed E-state index contributed by atoms with van der Waals surface area (Å²) in [6.45, 7) is 7.51. The van der Waals surface area contributed by atoms with Crippen molar-refractivity contribution in [3.8, 4) is 11.5 Å². The Hall–Kier alpha value is -3.45. The van der Waals surface area contributed by atoms with Gasteiger partial charge in [0, 0.05) is 23.5 Å². The number of ether oxygens (including phenoxy) is 2. The highest BCUT2D eigenvalue weighted by atomic mass is 35.5. The Balaban J connectivity index is 0.000000225. The zero-order valence-corrected chi connectivity index (χ0v) is 24.2. The van der Waals surface area contributed by atoms with Crippen LogP contribution in [0.5, 0.6) is 11.5 Å². The normalized spacial score (nSPS) is 12.6. The monoisotopic (exact) mass is 562 g/mol. The summed E-state index contributed by atoms with van der Waals surface area (Å²) in [5, 5.41) is 19.9. The maximum absolute atomic E-state index is 10.3. The van der Waals surface area contributed by atoms with E-state index in [1.807, 2.05) is 66.7 Å². The van der Waals surface area contributed by atoms with Gasteiger partial charge in [0.25, 0.3) is 0 Å². The second-order valence-electron chi connectivity index (χ2n) is 10.7. The molecule has 4 rings (SSSR count). The summed E-state index contributed by atoms with van der Waals surface area (Å²) in [7, 11) is 0. The minimum absolute atomic E-state index is 0.143. The molecule has 0 aliphatic rings. The SMILES string of the molecule is CC(C)(C)CC[C@H](O)c1cncc(OCc2ccccc2)c1.O[C@@H](CCl)c1cncc(OCc2ccccc2)c1. The van der Waals surface area contributed by atoms with Crippen molar-refractivity contribution in [2.24, 2.45) is 5.41 Å². The third kappa shape index (κ3) is 11.3. The molecular formula is C33H39ClN2O4. The van der Waals surface area contributed by atoms with E-state index in [0.717, 1.165) is 29.5 Å². The number of alkyl halides is 1. The van der Waals surface area contributed by atoms with Gasteiger partial charge in [-0.2, -0.15) is 0 Å². The van der Waals surface area contributed by atoms with Crippen LogP contribution in [0.2, 0.25) is 0 Å². The van der Waals surface area contributed by atoms with Crippen molar-refractivity contribution in [1.29, 1.82) is 0 Å². The van der Waals surface area contributed by atoms with Gasteiger partial charge in [-0.3, -0.25) is 9.97 Å². The van der Waals surface area contributed by atoms with E-state index in [4.69, 9.17) is 21.1 Å². The first-order valence-electron chi connectivity index (χ1n) is 13.4. The van der Waals surface area contributed by atoms with E-state index < -0.39 is 12.2 Å². The van der Waals surface area contributed by atoms with Crippen LogP contribution < -0.4 is 9.47 Å². The van der Waals surface area contributed by atoms with Crippen LogP contribution in [-0.2, 0) is 13.2 Å².